The molecule has 0 saturated heterocycles. The third-order valence-corrected chi connectivity index (χ3v) is 4.40. The molecular formula is C18H12ClF3O4. The lowest BCUT2D eigenvalue weighted by molar-refractivity contribution is -0.138. The highest BCUT2D eigenvalue weighted by Gasteiger charge is 2.32. The number of ketones is 1. The summed E-state index contributed by atoms with van der Waals surface area (Å²) < 4.78 is 43.5. The van der Waals surface area contributed by atoms with Gasteiger partial charge in [-0.05, 0) is 35.9 Å². The average Bonchev–Trinajstić information content (AvgIpc) is 2.83. The third-order valence-electron chi connectivity index (χ3n) is 4.10. The maximum atomic E-state index is 12.7. The molecule has 0 unspecified atom stereocenters. The van der Waals surface area contributed by atoms with Crippen molar-refractivity contribution in [2.75, 3.05) is 0 Å². The number of carboxylic acids is 1. The molecule has 0 radical (unpaired) electrons. The van der Waals surface area contributed by atoms with Gasteiger partial charge in [0, 0.05) is 17.9 Å². The Morgan fingerprint density at radius 3 is 2.58 bits per heavy atom. The van der Waals surface area contributed by atoms with Gasteiger partial charge in [-0.15, -0.1) is 0 Å². The monoisotopic (exact) mass is 384 g/mol. The van der Waals surface area contributed by atoms with Crippen LogP contribution in [0.3, 0.4) is 0 Å². The maximum absolute atomic E-state index is 12.7. The first-order valence-corrected chi connectivity index (χ1v) is 7.96. The van der Waals surface area contributed by atoms with Gasteiger partial charge in [0.1, 0.15) is 11.5 Å². The standard InChI is InChI=1S/C18H12ClF3O4/c19-14-7-10(18(20,21)22)1-4-16(14)26-11-2-3-12-9(6-17(24)25)5-15(23)13(12)8-11/h1-4,7-9H,5-6H2,(H,24,25)/t9-/m1/s1. The lowest BCUT2D eigenvalue weighted by Gasteiger charge is -2.12. The normalized spacial score (nSPS) is 16.5. The van der Waals surface area contributed by atoms with Crippen LogP contribution in [0.2, 0.25) is 5.02 Å². The number of hydrogen-bond acceptors (Lipinski definition) is 3. The van der Waals surface area contributed by atoms with Gasteiger partial charge in [0.2, 0.25) is 0 Å². The summed E-state index contributed by atoms with van der Waals surface area (Å²) in [5.41, 5.74) is 0.0931. The first-order chi connectivity index (χ1) is 12.1. The predicted molar refractivity (Wildman–Crippen MR) is 86.9 cm³/mol. The number of alkyl halides is 3. The Kier molecular flexibility index (Phi) is 4.66. The second-order valence-corrected chi connectivity index (χ2v) is 6.32. The van der Waals surface area contributed by atoms with Crippen LogP contribution in [0, 0.1) is 0 Å². The molecule has 0 saturated carbocycles. The van der Waals surface area contributed by atoms with E-state index in [4.69, 9.17) is 21.4 Å². The molecule has 1 aliphatic rings. The largest absolute Gasteiger partial charge is 0.481 e. The first kappa shape index (κ1) is 18.3. The molecule has 3 rings (SSSR count). The van der Waals surface area contributed by atoms with Crippen LogP contribution in [0.4, 0.5) is 13.2 Å². The fraction of sp³-hybridized carbons (Fsp3) is 0.222. The zero-order valence-corrected chi connectivity index (χ0v) is 13.9. The van der Waals surface area contributed by atoms with Crippen LogP contribution in [0.5, 0.6) is 11.5 Å². The van der Waals surface area contributed by atoms with Crippen LogP contribution >= 0.6 is 11.6 Å². The molecule has 8 heteroatoms. The molecule has 1 atom stereocenters. The van der Waals surface area contributed by atoms with Crippen molar-refractivity contribution < 1.29 is 32.6 Å². The third kappa shape index (κ3) is 3.67. The van der Waals surface area contributed by atoms with E-state index < -0.39 is 23.6 Å². The number of carbonyl (C=O) groups excluding carboxylic acids is 1. The van der Waals surface area contributed by atoms with Crippen LogP contribution in [0.1, 0.15) is 40.2 Å². The van der Waals surface area contributed by atoms with E-state index in [9.17, 15) is 22.8 Å². The molecule has 4 nitrogen and oxygen atoms in total. The second-order valence-electron chi connectivity index (χ2n) is 5.92. The van der Waals surface area contributed by atoms with Gasteiger partial charge in [-0.2, -0.15) is 13.2 Å². The number of aliphatic carboxylic acids is 1. The Balaban J connectivity index is 1.85. The fourth-order valence-electron chi connectivity index (χ4n) is 2.92. The summed E-state index contributed by atoms with van der Waals surface area (Å²) in [6.07, 6.45) is -4.56. The van der Waals surface area contributed by atoms with Crippen LogP contribution in [0.15, 0.2) is 36.4 Å². The fourth-order valence-corrected chi connectivity index (χ4v) is 3.14. The van der Waals surface area contributed by atoms with Crippen molar-refractivity contribution in [3.63, 3.8) is 0 Å². The van der Waals surface area contributed by atoms with E-state index in [1.54, 1.807) is 6.07 Å². The van der Waals surface area contributed by atoms with E-state index in [0.717, 1.165) is 18.2 Å². The van der Waals surface area contributed by atoms with Crippen LogP contribution in [0.25, 0.3) is 0 Å². The number of Topliss-reactive ketones (excluding diaryl/α,β-unsaturated/α-hetero) is 1. The van der Waals surface area contributed by atoms with Gasteiger partial charge in [0.25, 0.3) is 0 Å². The summed E-state index contributed by atoms with van der Waals surface area (Å²) in [7, 11) is 0. The zero-order chi connectivity index (χ0) is 19.1. The molecule has 2 aromatic rings. The highest BCUT2D eigenvalue weighted by molar-refractivity contribution is 6.32. The summed E-state index contributed by atoms with van der Waals surface area (Å²) in [6, 6.07) is 7.29. The van der Waals surface area contributed by atoms with Crippen molar-refractivity contribution in [3.8, 4) is 11.5 Å². The highest BCUT2D eigenvalue weighted by atomic mass is 35.5. The summed E-state index contributed by atoms with van der Waals surface area (Å²) in [4.78, 5) is 23.0. The highest BCUT2D eigenvalue weighted by Crippen LogP contribution is 2.40. The molecule has 26 heavy (non-hydrogen) atoms. The molecular weight excluding hydrogens is 373 g/mol. The van der Waals surface area contributed by atoms with Crippen LogP contribution < -0.4 is 4.74 Å². The van der Waals surface area contributed by atoms with Gasteiger partial charge in [0.15, 0.2) is 5.78 Å². The Hall–Kier alpha value is -2.54. The van der Waals surface area contributed by atoms with Crippen molar-refractivity contribution in [3.05, 3.63) is 58.1 Å². The number of ether oxygens (including phenoxy) is 1. The number of rotatable bonds is 4. The maximum Gasteiger partial charge on any atom is 0.416 e. The van der Waals surface area contributed by atoms with Crippen molar-refractivity contribution in [1.82, 2.24) is 0 Å². The summed E-state index contributed by atoms with van der Waals surface area (Å²) in [6.45, 7) is 0. The quantitative estimate of drug-likeness (QED) is 0.777. The van der Waals surface area contributed by atoms with Crippen LogP contribution in [-0.2, 0) is 11.0 Å². The number of hydrogen-bond donors (Lipinski definition) is 1. The Morgan fingerprint density at radius 1 is 1.23 bits per heavy atom. The van der Waals surface area contributed by atoms with Gasteiger partial charge in [-0.25, -0.2) is 0 Å². The van der Waals surface area contributed by atoms with Crippen molar-refractivity contribution in [1.29, 1.82) is 0 Å². The molecule has 0 amide bonds. The molecule has 1 N–H and O–H groups in total. The van der Waals surface area contributed by atoms with Crippen molar-refractivity contribution >= 4 is 23.4 Å². The van der Waals surface area contributed by atoms with E-state index in [0.29, 0.717) is 11.1 Å². The van der Waals surface area contributed by atoms with Gasteiger partial charge in [-0.1, -0.05) is 17.7 Å². The molecule has 1 aliphatic carbocycles. The number of benzene rings is 2. The molecule has 0 bridgehead atoms. The summed E-state index contributed by atoms with van der Waals surface area (Å²) >= 11 is 5.85. The minimum Gasteiger partial charge on any atom is -0.481 e. The minimum absolute atomic E-state index is 0.0205. The SMILES string of the molecule is O=C(O)C[C@H]1CC(=O)c2cc(Oc3ccc(C(F)(F)F)cc3Cl)ccc21. The predicted octanol–water partition coefficient (Wildman–Crippen LogP) is 5.30. The first-order valence-electron chi connectivity index (χ1n) is 7.58. The number of halogens is 4. The lowest BCUT2D eigenvalue weighted by atomic mass is 9.98. The van der Waals surface area contributed by atoms with Crippen LogP contribution in [-0.4, -0.2) is 16.9 Å². The second kappa shape index (κ2) is 6.64. The minimum atomic E-state index is -4.51. The van der Waals surface area contributed by atoms with E-state index in [-0.39, 0.29) is 35.1 Å². The number of carboxylic acid groups (broad SMARTS) is 1. The zero-order valence-electron chi connectivity index (χ0n) is 13.1. The smallest absolute Gasteiger partial charge is 0.416 e. The Labute approximate surface area is 151 Å². The van der Waals surface area contributed by atoms with E-state index in [2.05, 4.69) is 0 Å². The topological polar surface area (TPSA) is 63.6 Å². The van der Waals surface area contributed by atoms with Gasteiger partial charge in [0.05, 0.1) is 17.0 Å². The van der Waals surface area contributed by atoms with E-state index >= 15 is 0 Å². The lowest BCUT2D eigenvalue weighted by Crippen LogP contribution is -2.04. The molecule has 2 aromatic carbocycles. The Morgan fingerprint density at radius 2 is 1.96 bits per heavy atom. The summed E-state index contributed by atoms with van der Waals surface area (Å²) in [5, 5.41) is 8.70. The molecule has 0 fully saturated rings. The number of carbonyl (C=O) groups is 2. The van der Waals surface area contributed by atoms with Gasteiger partial charge >= 0.3 is 12.1 Å². The summed E-state index contributed by atoms with van der Waals surface area (Å²) in [5.74, 6) is -1.33. The Bertz CT molecular complexity index is 892. The van der Waals surface area contributed by atoms with Gasteiger partial charge in [-0.3, -0.25) is 9.59 Å². The molecule has 0 heterocycles. The molecule has 0 aromatic heterocycles. The molecule has 0 spiro atoms. The molecule has 136 valence electrons. The number of fused-ring (bicyclic) bond motifs is 1. The average molecular weight is 385 g/mol. The van der Waals surface area contributed by atoms with Gasteiger partial charge < -0.3 is 9.84 Å². The van der Waals surface area contributed by atoms with E-state index in [1.807, 2.05) is 0 Å². The van der Waals surface area contributed by atoms with Crippen molar-refractivity contribution in [2.24, 2.45) is 0 Å². The molecule has 0 aliphatic heterocycles. The van der Waals surface area contributed by atoms with E-state index in [1.165, 1.54) is 12.1 Å². The van der Waals surface area contributed by atoms with Crippen molar-refractivity contribution in [2.45, 2.75) is 24.9 Å².